The molecule has 0 bridgehead atoms. The van der Waals surface area contributed by atoms with Crippen molar-refractivity contribution in [3.63, 3.8) is 0 Å². The Morgan fingerprint density at radius 1 is 1.35 bits per heavy atom. The number of pyridine rings is 1. The van der Waals surface area contributed by atoms with Crippen LogP contribution < -0.4 is 15.5 Å². The van der Waals surface area contributed by atoms with Gasteiger partial charge < -0.3 is 24.3 Å². The molecule has 2 amide bonds. The molecule has 0 radical (unpaired) electrons. The van der Waals surface area contributed by atoms with E-state index in [-0.39, 0.29) is 35.2 Å². The third kappa shape index (κ3) is 3.35. The zero-order valence-electron chi connectivity index (χ0n) is 16.6. The Morgan fingerprint density at radius 3 is 2.81 bits per heavy atom. The van der Waals surface area contributed by atoms with E-state index in [9.17, 15) is 23.2 Å². The van der Waals surface area contributed by atoms with Crippen molar-refractivity contribution in [3.8, 4) is 5.75 Å². The lowest BCUT2D eigenvalue weighted by molar-refractivity contribution is -0.0239. The summed E-state index contributed by atoms with van der Waals surface area (Å²) in [5, 5.41) is 1.74. The first-order valence-electron chi connectivity index (χ1n) is 9.38. The predicted molar refractivity (Wildman–Crippen MR) is 105 cm³/mol. The van der Waals surface area contributed by atoms with Gasteiger partial charge in [-0.2, -0.15) is 0 Å². The van der Waals surface area contributed by atoms with Crippen LogP contribution in [0.25, 0.3) is 0 Å². The van der Waals surface area contributed by atoms with Crippen LogP contribution in [0.4, 0.5) is 8.78 Å². The Labute approximate surface area is 180 Å². The highest BCUT2D eigenvalue weighted by molar-refractivity contribution is 6.30. The summed E-state index contributed by atoms with van der Waals surface area (Å²) in [4.78, 5) is 39.8. The van der Waals surface area contributed by atoms with E-state index in [1.807, 2.05) is 0 Å². The number of aromatic nitrogens is 1. The molecule has 2 atom stereocenters. The number of amides is 2. The van der Waals surface area contributed by atoms with Crippen LogP contribution in [0, 0.1) is 11.6 Å². The molecule has 31 heavy (non-hydrogen) atoms. The molecular formula is C20H18ClF2N3O5. The lowest BCUT2D eigenvalue weighted by atomic mass is 10.1. The normalized spacial score (nSPS) is 19.8. The van der Waals surface area contributed by atoms with E-state index >= 15 is 0 Å². The summed E-state index contributed by atoms with van der Waals surface area (Å²) in [6.45, 7) is 0.0813. The van der Waals surface area contributed by atoms with Crippen LogP contribution >= 0.6 is 11.6 Å². The molecule has 1 aromatic carbocycles. The standard InChI is InChI=1S/C20H18ClF2N3O5/c1-25-19(29)15-17(30-2)16(27)10(8-26(15)12-5-6-31-20(12)25)18(28)24-7-9-3-4-11(22)13(21)14(9)23/h3-4,8,12,20H,5-7H2,1-2H3,(H,24,28)/t12-,20+/m1/s1. The fourth-order valence-electron chi connectivity index (χ4n) is 3.89. The van der Waals surface area contributed by atoms with Gasteiger partial charge in [0.15, 0.2) is 17.7 Å². The van der Waals surface area contributed by atoms with Crippen LogP contribution in [0.2, 0.25) is 5.02 Å². The maximum Gasteiger partial charge on any atom is 0.276 e. The number of ether oxygens (including phenoxy) is 2. The molecule has 4 rings (SSSR count). The minimum atomic E-state index is -0.999. The largest absolute Gasteiger partial charge is 0.491 e. The molecule has 1 aromatic heterocycles. The number of nitrogens with one attached hydrogen (secondary N) is 1. The molecule has 11 heteroatoms. The second-order valence-corrected chi connectivity index (χ2v) is 7.59. The van der Waals surface area contributed by atoms with Gasteiger partial charge in [-0.3, -0.25) is 14.4 Å². The van der Waals surface area contributed by atoms with E-state index in [2.05, 4.69) is 5.32 Å². The van der Waals surface area contributed by atoms with E-state index in [0.29, 0.717) is 13.0 Å². The first-order chi connectivity index (χ1) is 14.8. The number of halogens is 3. The van der Waals surface area contributed by atoms with Gasteiger partial charge in [0.25, 0.3) is 11.8 Å². The average molecular weight is 454 g/mol. The van der Waals surface area contributed by atoms with Gasteiger partial charge in [0.05, 0.1) is 19.8 Å². The number of hydrogen-bond donors (Lipinski definition) is 1. The summed E-state index contributed by atoms with van der Waals surface area (Å²) in [5.74, 6) is -3.45. The first-order valence-corrected chi connectivity index (χ1v) is 9.76. The quantitative estimate of drug-likeness (QED) is 0.716. The van der Waals surface area contributed by atoms with Crippen molar-refractivity contribution >= 4 is 23.4 Å². The van der Waals surface area contributed by atoms with Crippen LogP contribution in [-0.4, -0.2) is 48.3 Å². The number of carbonyl (C=O) groups excluding carboxylic acids is 2. The number of rotatable bonds is 4. The lowest BCUT2D eigenvalue weighted by Gasteiger charge is -2.37. The minimum Gasteiger partial charge on any atom is -0.491 e. The Morgan fingerprint density at radius 2 is 2.10 bits per heavy atom. The molecule has 0 spiro atoms. The highest BCUT2D eigenvalue weighted by Gasteiger charge is 2.44. The molecule has 1 saturated heterocycles. The Bertz CT molecular complexity index is 1150. The molecule has 164 valence electrons. The number of carbonyl (C=O) groups is 2. The average Bonchev–Trinajstić information content (AvgIpc) is 3.25. The Balaban J connectivity index is 1.70. The van der Waals surface area contributed by atoms with E-state index in [0.717, 1.165) is 12.1 Å². The number of likely N-dealkylation sites (N-methyl/N-ethyl adjacent to an activating group) is 1. The summed E-state index contributed by atoms with van der Waals surface area (Å²) < 4.78 is 39.8. The first kappa shape index (κ1) is 21.3. The fraction of sp³-hybridized carbons (Fsp3) is 0.350. The van der Waals surface area contributed by atoms with Crippen LogP contribution in [0.15, 0.2) is 23.1 Å². The highest BCUT2D eigenvalue weighted by Crippen LogP contribution is 2.36. The molecule has 0 aliphatic carbocycles. The monoisotopic (exact) mass is 453 g/mol. The molecule has 2 aromatic rings. The third-order valence-electron chi connectivity index (χ3n) is 5.49. The summed E-state index contributed by atoms with van der Waals surface area (Å²) >= 11 is 5.56. The van der Waals surface area contributed by atoms with E-state index in [4.69, 9.17) is 21.1 Å². The molecule has 0 unspecified atom stereocenters. The van der Waals surface area contributed by atoms with Gasteiger partial charge >= 0.3 is 0 Å². The Kier molecular flexibility index (Phi) is 5.44. The second kappa shape index (κ2) is 7.93. The summed E-state index contributed by atoms with van der Waals surface area (Å²) in [6.07, 6.45) is 1.33. The fourth-order valence-corrected chi connectivity index (χ4v) is 4.08. The number of methoxy groups -OCH3 is 1. The topological polar surface area (TPSA) is 89.9 Å². The van der Waals surface area contributed by atoms with Gasteiger partial charge in [0, 0.05) is 25.4 Å². The molecule has 8 nitrogen and oxygen atoms in total. The summed E-state index contributed by atoms with van der Waals surface area (Å²) in [5.41, 5.74) is -1.07. The molecule has 2 aliphatic heterocycles. The zero-order chi connectivity index (χ0) is 22.4. The number of hydrogen-bond acceptors (Lipinski definition) is 5. The van der Waals surface area contributed by atoms with Gasteiger partial charge in [-0.05, 0) is 12.5 Å². The molecule has 2 aliphatic rings. The van der Waals surface area contributed by atoms with E-state index in [1.54, 1.807) is 7.05 Å². The van der Waals surface area contributed by atoms with Gasteiger partial charge in [0.1, 0.15) is 22.2 Å². The second-order valence-electron chi connectivity index (χ2n) is 7.21. The van der Waals surface area contributed by atoms with Crippen molar-refractivity contribution in [2.45, 2.75) is 25.2 Å². The maximum atomic E-state index is 14.1. The smallest absolute Gasteiger partial charge is 0.276 e. The van der Waals surface area contributed by atoms with Crippen molar-refractivity contribution in [1.29, 1.82) is 0 Å². The van der Waals surface area contributed by atoms with Crippen molar-refractivity contribution in [1.82, 2.24) is 14.8 Å². The molecule has 1 N–H and O–H groups in total. The van der Waals surface area contributed by atoms with E-state index in [1.165, 1.54) is 22.8 Å². The minimum absolute atomic E-state index is 0.0367. The van der Waals surface area contributed by atoms with Crippen LogP contribution in [0.1, 0.15) is 38.9 Å². The third-order valence-corrected chi connectivity index (χ3v) is 5.84. The highest BCUT2D eigenvalue weighted by atomic mass is 35.5. The van der Waals surface area contributed by atoms with Crippen molar-refractivity contribution in [2.75, 3.05) is 20.8 Å². The number of fused-ring (bicyclic) bond motifs is 3. The van der Waals surface area contributed by atoms with Crippen LogP contribution in [0.5, 0.6) is 5.75 Å². The molecule has 0 saturated carbocycles. The molecule has 3 heterocycles. The van der Waals surface area contributed by atoms with Crippen LogP contribution in [0.3, 0.4) is 0 Å². The van der Waals surface area contributed by atoms with Crippen molar-refractivity contribution in [2.24, 2.45) is 0 Å². The maximum absolute atomic E-state index is 14.1. The van der Waals surface area contributed by atoms with Gasteiger partial charge in [-0.15, -0.1) is 0 Å². The van der Waals surface area contributed by atoms with Gasteiger partial charge in [0.2, 0.25) is 5.43 Å². The molecule has 1 fully saturated rings. The predicted octanol–water partition coefficient (Wildman–Crippen LogP) is 2.09. The summed E-state index contributed by atoms with van der Waals surface area (Å²) in [7, 11) is 2.81. The zero-order valence-corrected chi connectivity index (χ0v) is 17.3. The van der Waals surface area contributed by atoms with Gasteiger partial charge in [-0.25, -0.2) is 8.78 Å². The number of nitrogens with zero attached hydrogens (tertiary/aromatic N) is 2. The van der Waals surface area contributed by atoms with Gasteiger partial charge in [-0.1, -0.05) is 17.7 Å². The number of benzene rings is 1. The van der Waals surface area contributed by atoms with E-state index < -0.39 is 40.1 Å². The lowest BCUT2D eigenvalue weighted by Crippen LogP contribution is -2.49. The van der Waals surface area contributed by atoms with Crippen LogP contribution in [-0.2, 0) is 11.3 Å². The SMILES string of the molecule is COc1c2n(cc(C(=O)NCc3ccc(F)c(Cl)c3F)c1=O)[C@@H]1CCO[C@@H]1N(C)C2=O. The summed E-state index contributed by atoms with van der Waals surface area (Å²) in [6, 6.07) is 1.82. The molecular weight excluding hydrogens is 436 g/mol. The van der Waals surface area contributed by atoms with Crippen molar-refractivity contribution < 1.29 is 27.8 Å². The van der Waals surface area contributed by atoms with Crippen molar-refractivity contribution in [3.05, 3.63) is 62.0 Å². The Hall–Kier alpha value is -2.98.